The van der Waals surface area contributed by atoms with Gasteiger partial charge >= 0.3 is 0 Å². The van der Waals surface area contributed by atoms with Crippen molar-refractivity contribution in [3.8, 4) is 0 Å². The number of hydrogen-bond donors (Lipinski definition) is 2. The number of hydrogen-bond acceptors (Lipinski definition) is 3. The number of aryl methyl sites for hydroxylation is 1. The van der Waals surface area contributed by atoms with Crippen LogP contribution in [-0.2, 0) is 13.0 Å². The minimum atomic E-state index is 0.670. The Kier molecular flexibility index (Phi) is 5.01. The highest BCUT2D eigenvalue weighted by Gasteiger charge is 2.17. The summed E-state index contributed by atoms with van der Waals surface area (Å²) < 4.78 is 0. The number of thiophene rings is 1. The van der Waals surface area contributed by atoms with Crippen LogP contribution in [0.2, 0.25) is 0 Å². The standard InChI is InChI=1S/C14H24N2S/c1-3-12-5-7-17-14(12)10-15-9-13-8-11(2)4-6-16-13/h5,7,11,13,15-16H,3-4,6,8-10H2,1-2H3. The molecule has 1 saturated heterocycles. The van der Waals surface area contributed by atoms with Crippen LogP contribution in [0.15, 0.2) is 11.4 Å². The summed E-state index contributed by atoms with van der Waals surface area (Å²) in [5, 5.41) is 9.40. The second-order valence-electron chi connectivity index (χ2n) is 5.13. The molecule has 2 rings (SSSR count). The van der Waals surface area contributed by atoms with E-state index in [2.05, 4.69) is 35.9 Å². The zero-order valence-electron chi connectivity index (χ0n) is 11.0. The van der Waals surface area contributed by atoms with Gasteiger partial charge in [0.1, 0.15) is 0 Å². The molecule has 1 fully saturated rings. The molecule has 2 unspecified atom stereocenters. The lowest BCUT2D eigenvalue weighted by Gasteiger charge is -2.28. The van der Waals surface area contributed by atoms with E-state index in [-0.39, 0.29) is 0 Å². The molecule has 2 atom stereocenters. The Morgan fingerprint density at radius 2 is 2.41 bits per heavy atom. The Hall–Kier alpha value is -0.380. The molecule has 3 heteroatoms. The van der Waals surface area contributed by atoms with Gasteiger partial charge in [-0.2, -0.15) is 0 Å². The van der Waals surface area contributed by atoms with E-state index < -0.39 is 0 Å². The maximum Gasteiger partial charge on any atom is 0.0303 e. The van der Waals surface area contributed by atoms with Crippen LogP contribution in [0.25, 0.3) is 0 Å². The normalized spacial score (nSPS) is 25.1. The SMILES string of the molecule is CCc1ccsc1CNCC1CC(C)CCN1. The highest BCUT2D eigenvalue weighted by molar-refractivity contribution is 7.10. The monoisotopic (exact) mass is 252 g/mol. The van der Waals surface area contributed by atoms with Crippen molar-refractivity contribution >= 4 is 11.3 Å². The molecular formula is C14H24N2S. The van der Waals surface area contributed by atoms with Crippen LogP contribution in [0.3, 0.4) is 0 Å². The molecule has 0 aromatic carbocycles. The van der Waals surface area contributed by atoms with E-state index >= 15 is 0 Å². The van der Waals surface area contributed by atoms with Crippen LogP contribution in [0.5, 0.6) is 0 Å². The third-order valence-corrected chi connectivity index (χ3v) is 4.62. The molecule has 0 amide bonds. The van der Waals surface area contributed by atoms with Gasteiger partial charge in [0.2, 0.25) is 0 Å². The van der Waals surface area contributed by atoms with E-state index in [0.717, 1.165) is 25.4 Å². The number of rotatable bonds is 5. The van der Waals surface area contributed by atoms with Gasteiger partial charge in [0, 0.05) is 24.0 Å². The van der Waals surface area contributed by atoms with Gasteiger partial charge in [0.15, 0.2) is 0 Å². The van der Waals surface area contributed by atoms with Crippen molar-refractivity contribution in [2.75, 3.05) is 13.1 Å². The van der Waals surface area contributed by atoms with Gasteiger partial charge in [-0.05, 0) is 48.7 Å². The van der Waals surface area contributed by atoms with E-state index in [1.165, 1.54) is 29.8 Å². The second-order valence-corrected chi connectivity index (χ2v) is 6.13. The molecule has 0 bridgehead atoms. The van der Waals surface area contributed by atoms with Crippen molar-refractivity contribution in [3.63, 3.8) is 0 Å². The molecule has 1 aromatic heterocycles. The van der Waals surface area contributed by atoms with E-state index in [1.54, 1.807) is 0 Å². The maximum atomic E-state index is 3.60. The largest absolute Gasteiger partial charge is 0.313 e. The van der Waals surface area contributed by atoms with Gasteiger partial charge in [-0.3, -0.25) is 0 Å². The number of nitrogens with one attached hydrogen (secondary N) is 2. The van der Waals surface area contributed by atoms with Gasteiger partial charge in [-0.15, -0.1) is 11.3 Å². The Morgan fingerprint density at radius 3 is 3.18 bits per heavy atom. The molecule has 96 valence electrons. The van der Waals surface area contributed by atoms with Crippen LogP contribution in [0.1, 0.15) is 37.1 Å². The van der Waals surface area contributed by atoms with Crippen LogP contribution in [-0.4, -0.2) is 19.1 Å². The second kappa shape index (κ2) is 6.53. The molecule has 1 aliphatic heterocycles. The molecule has 1 aliphatic rings. The first kappa shape index (κ1) is 13.1. The first-order valence-corrected chi connectivity index (χ1v) is 7.67. The summed E-state index contributed by atoms with van der Waals surface area (Å²) in [5.74, 6) is 0.885. The maximum absolute atomic E-state index is 3.60. The van der Waals surface area contributed by atoms with Crippen molar-refractivity contribution in [1.82, 2.24) is 10.6 Å². The quantitative estimate of drug-likeness (QED) is 0.842. The Balaban J connectivity index is 1.72. The van der Waals surface area contributed by atoms with Gasteiger partial charge in [-0.25, -0.2) is 0 Å². The van der Waals surface area contributed by atoms with Crippen molar-refractivity contribution < 1.29 is 0 Å². The summed E-state index contributed by atoms with van der Waals surface area (Å²) in [4.78, 5) is 1.51. The predicted octanol–water partition coefficient (Wildman–Crippen LogP) is 2.79. The molecule has 2 heterocycles. The summed E-state index contributed by atoms with van der Waals surface area (Å²) in [7, 11) is 0. The van der Waals surface area contributed by atoms with E-state index in [9.17, 15) is 0 Å². The van der Waals surface area contributed by atoms with Gasteiger partial charge < -0.3 is 10.6 Å². The molecule has 0 aliphatic carbocycles. The minimum absolute atomic E-state index is 0.670. The van der Waals surface area contributed by atoms with Gasteiger partial charge in [0.25, 0.3) is 0 Å². The first-order valence-electron chi connectivity index (χ1n) is 6.79. The van der Waals surface area contributed by atoms with Crippen LogP contribution < -0.4 is 10.6 Å². The molecule has 0 spiro atoms. The fourth-order valence-electron chi connectivity index (χ4n) is 2.57. The fraction of sp³-hybridized carbons (Fsp3) is 0.714. The van der Waals surface area contributed by atoms with E-state index in [0.29, 0.717) is 6.04 Å². The Bertz CT molecular complexity index is 335. The molecule has 2 nitrogen and oxygen atoms in total. The third kappa shape index (κ3) is 3.80. The number of piperidine rings is 1. The lowest BCUT2D eigenvalue weighted by Crippen LogP contribution is -2.43. The van der Waals surface area contributed by atoms with Crippen molar-refractivity contribution in [3.05, 3.63) is 21.9 Å². The minimum Gasteiger partial charge on any atom is -0.313 e. The first-order chi connectivity index (χ1) is 8.29. The summed E-state index contributed by atoms with van der Waals surface area (Å²) in [6, 6.07) is 2.92. The molecular weight excluding hydrogens is 228 g/mol. The fourth-order valence-corrected chi connectivity index (χ4v) is 3.52. The molecule has 0 radical (unpaired) electrons. The molecule has 2 N–H and O–H groups in total. The van der Waals surface area contributed by atoms with Crippen LogP contribution in [0.4, 0.5) is 0 Å². The smallest absolute Gasteiger partial charge is 0.0303 e. The average Bonchev–Trinajstić information content (AvgIpc) is 2.77. The van der Waals surface area contributed by atoms with E-state index in [4.69, 9.17) is 0 Å². The molecule has 17 heavy (non-hydrogen) atoms. The van der Waals surface area contributed by atoms with Crippen LogP contribution in [0, 0.1) is 5.92 Å². The van der Waals surface area contributed by atoms with E-state index in [1.807, 2.05) is 11.3 Å². The summed E-state index contributed by atoms with van der Waals surface area (Å²) in [6.07, 6.45) is 3.80. The van der Waals surface area contributed by atoms with Crippen molar-refractivity contribution in [2.24, 2.45) is 5.92 Å². The summed E-state index contributed by atoms with van der Waals surface area (Å²) in [5.41, 5.74) is 1.51. The Labute approximate surface area is 109 Å². The third-order valence-electron chi connectivity index (χ3n) is 3.65. The zero-order valence-corrected chi connectivity index (χ0v) is 11.8. The summed E-state index contributed by atoms with van der Waals surface area (Å²) in [6.45, 7) is 7.92. The topological polar surface area (TPSA) is 24.1 Å². The van der Waals surface area contributed by atoms with Gasteiger partial charge in [0.05, 0.1) is 0 Å². The van der Waals surface area contributed by atoms with Crippen LogP contribution >= 0.6 is 11.3 Å². The van der Waals surface area contributed by atoms with Gasteiger partial charge in [-0.1, -0.05) is 13.8 Å². The predicted molar refractivity (Wildman–Crippen MR) is 75.6 cm³/mol. The lowest BCUT2D eigenvalue weighted by molar-refractivity contribution is 0.311. The lowest BCUT2D eigenvalue weighted by atomic mass is 9.94. The Morgan fingerprint density at radius 1 is 1.53 bits per heavy atom. The highest BCUT2D eigenvalue weighted by atomic mass is 32.1. The van der Waals surface area contributed by atoms with Crippen molar-refractivity contribution in [2.45, 2.75) is 45.7 Å². The average molecular weight is 252 g/mol. The molecule has 1 aromatic rings. The summed E-state index contributed by atoms with van der Waals surface area (Å²) >= 11 is 1.88. The molecule has 0 saturated carbocycles. The van der Waals surface area contributed by atoms with Crippen molar-refractivity contribution in [1.29, 1.82) is 0 Å². The highest BCUT2D eigenvalue weighted by Crippen LogP contribution is 2.17. The zero-order chi connectivity index (χ0) is 12.1.